The minimum atomic E-state index is 0.379. The van der Waals surface area contributed by atoms with Gasteiger partial charge in [0.25, 0.3) is 0 Å². The molecule has 2 heterocycles. The van der Waals surface area contributed by atoms with Gasteiger partial charge in [-0.05, 0) is 71.5 Å². The molecule has 0 saturated heterocycles. The Hall–Kier alpha value is -4.67. The van der Waals surface area contributed by atoms with Gasteiger partial charge in [-0.25, -0.2) is 9.97 Å². The third-order valence-electron chi connectivity index (χ3n) is 8.18. The molecule has 7 rings (SSSR count). The number of rotatable bonds is 7. The van der Waals surface area contributed by atoms with Gasteiger partial charge in [0.05, 0.1) is 27.9 Å². The summed E-state index contributed by atoms with van der Waals surface area (Å²) in [5, 5.41) is 1.15. The van der Waals surface area contributed by atoms with Crippen molar-refractivity contribution in [3.8, 4) is 28.3 Å². The van der Waals surface area contributed by atoms with Crippen molar-refractivity contribution >= 4 is 33.7 Å². The number of fused-ring (bicyclic) bond motifs is 2. The molecule has 0 atom stereocenters. The Morgan fingerprint density at radius 1 is 0.545 bits per heavy atom. The molecule has 4 heteroatoms. The van der Waals surface area contributed by atoms with Crippen molar-refractivity contribution in [2.45, 2.75) is 49.3 Å². The average Bonchev–Trinajstić information content (AvgIpc) is 3.44. The van der Waals surface area contributed by atoms with E-state index in [1.807, 2.05) is 6.07 Å². The van der Waals surface area contributed by atoms with Crippen molar-refractivity contribution in [2.24, 2.45) is 0 Å². The van der Waals surface area contributed by atoms with Gasteiger partial charge >= 0.3 is 0 Å². The lowest BCUT2D eigenvalue weighted by molar-refractivity contribution is 0.811. The lowest BCUT2D eigenvalue weighted by atomic mass is 9.92. The molecule has 0 aliphatic heterocycles. The Labute approximate surface area is 263 Å². The van der Waals surface area contributed by atoms with Gasteiger partial charge in [0, 0.05) is 26.3 Å². The molecule has 0 radical (unpaired) electrons. The highest BCUT2D eigenvalue weighted by Crippen LogP contribution is 2.39. The summed E-state index contributed by atoms with van der Waals surface area (Å²) < 4.78 is 2.40. The highest BCUT2D eigenvalue weighted by Gasteiger charge is 2.22. The Morgan fingerprint density at radius 2 is 1.16 bits per heavy atom. The summed E-state index contributed by atoms with van der Waals surface area (Å²) in [5.74, 6) is 1.73. The van der Waals surface area contributed by atoms with E-state index in [1.165, 1.54) is 26.6 Å². The first-order valence-corrected chi connectivity index (χ1v) is 16.1. The van der Waals surface area contributed by atoms with Crippen LogP contribution in [-0.2, 0) is 0 Å². The lowest BCUT2D eigenvalue weighted by Gasteiger charge is -2.22. The van der Waals surface area contributed by atoms with Crippen LogP contribution >= 0.6 is 11.8 Å². The van der Waals surface area contributed by atoms with E-state index >= 15 is 0 Å². The van der Waals surface area contributed by atoms with E-state index in [2.05, 4.69) is 154 Å². The van der Waals surface area contributed by atoms with Crippen LogP contribution in [0.1, 0.15) is 50.7 Å². The third kappa shape index (κ3) is 5.31. The molecule has 216 valence electrons. The minimum Gasteiger partial charge on any atom is -0.292 e. The zero-order valence-electron chi connectivity index (χ0n) is 25.5. The van der Waals surface area contributed by atoms with E-state index < -0.39 is 0 Å². The van der Waals surface area contributed by atoms with E-state index in [-0.39, 0.29) is 0 Å². The fraction of sp³-hybridized carbons (Fsp3) is 0.150. The summed E-state index contributed by atoms with van der Waals surface area (Å²) >= 11 is 1.77. The van der Waals surface area contributed by atoms with Gasteiger partial charge in [0.15, 0.2) is 0 Å². The fourth-order valence-corrected chi connectivity index (χ4v) is 6.93. The first-order valence-electron chi connectivity index (χ1n) is 15.3. The molecule has 3 nitrogen and oxygen atoms in total. The van der Waals surface area contributed by atoms with E-state index in [0.29, 0.717) is 11.8 Å². The zero-order chi connectivity index (χ0) is 30.2. The summed E-state index contributed by atoms with van der Waals surface area (Å²) in [6.07, 6.45) is 0. The first kappa shape index (κ1) is 28.1. The number of para-hydroxylation sites is 4. The molecule has 0 bridgehead atoms. The predicted octanol–water partition coefficient (Wildman–Crippen LogP) is 11.3. The van der Waals surface area contributed by atoms with Crippen molar-refractivity contribution in [1.82, 2.24) is 14.5 Å². The molecule has 0 fully saturated rings. The molecule has 0 unspecified atom stereocenters. The molecular weight excluding hydrogens is 555 g/mol. The average molecular weight is 590 g/mol. The molecular formula is C40H35N3S. The molecule has 5 aromatic carbocycles. The normalized spacial score (nSPS) is 11.7. The second kappa shape index (κ2) is 11.8. The van der Waals surface area contributed by atoms with Crippen LogP contribution < -0.4 is 0 Å². The molecule has 2 aromatic heterocycles. The Bertz CT molecular complexity index is 2100. The van der Waals surface area contributed by atoms with E-state index in [0.717, 1.165) is 44.6 Å². The summed E-state index contributed by atoms with van der Waals surface area (Å²) in [6.45, 7) is 9.11. The van der Waals surface area contributed by atoms with Crippen LogP contribution in [0, 0.1) is 0 Å². The number of aromatic nitrogens is 3. The number of imidazole rings is 1. The van der Waals surface area contributed by atoms with Crippen LogP contribution in [0.5, 0.6) is 0 Å². The van der Waals surface area contributed by atoms with Crippen molar-refractivity contribution in [2.75, 3.05) is 0 Å². The maximum absolute atomic E-state index is 5.23. The van der Waals surface area contributed by atoms with Gasteiger partial charge in [0.2, 0.25) is 0 Å². The topological polar surface area (TPSA) is 30.7 Å². The second-order valence-corrected chi connectivity index (χ2v) is 13.0. The first-order chi connectivity index (χ1) is 21.5. The number of nitrogens with zero attached hydrogens (tertiary/aromatic N) is 3. The maximum atomic E-state index is 5.23. The minimum absolute atomic E-state index is 0.379. The van der Waals surface area contributed by atoms with E-state index in [4.69, 9.17) is 9.97 Å². The van der Waals surface area contributed by atoms with Gasteiger partial charge in [-0.15, -0.1) is 0 Å². The quantitative estimate of drug-likeness (QED) is 0.185. The number of benzene rings is 5. The second-order valence-electron chi connectivity index (χ2n) is 11.9. The largest absolute Gasteiger partial charge is 0.292 e. The van der Waals surface area contributed by atoms with E-state index in [9.17, 15) is 0 Å². The lowest BCUT2D eigenvalue weighted by Crippen LogP contribution is -2.08. The zero-order valence-corrected chi connectivity index (χ0v) is 26.3. The molecule has 0 amide bonds. The number of hydrogen-bond donors (Lipinski definition) is 0. The standard InChI is InChI=1S/C40H35N3S/c1-26(2)33-17-11-18-34(27(3)4)39(33)43-38-21-8-7-20-37(38)42-40(43)30-14-10-16-32(25-30)44-31-15-9-13-29(24-31)36-23-22-28-12-5-6-19-35(28)41-36/h5-27H,1-4H3. The molecule has 0 aliphatic carbocycles. The van der Waals surface area contributed by atoms with Crippen LogP contribution in [0.15, 0.2) is 137 Å². The van der Waals surface area contributed by atoms with Crippen LogP contribution in [0.4, 0.5) is 0 Å². The maximum Gasteiger partial charge on any atom is 0.145 e. The van der Waals surface area contributed by atoms with E-state index in [1.54, 1.807) is 11.8 Å². The Morgan fingerprint density at radius 3 is 1.89 bits per heavy atom. The monoisotopic (exact) mass is 589 g/mol. The molecule has 0 N–H and O–H groups in total. The van der Waals surface area contributed by atoms with Gasteiger partial charge in [-0.1, -0.05) is 118 Å². The smallest absolute Gasteiger partial charge is 0.145 e. The third-order valence-corrected chi connectivity index (χ3v) is 9.16. The van der Waals surface area contributed by atoms with Crippen molar-refractivity contribution in [1.29, 1.82) is 0 Å². The SMILES string of the molecule is CC(C)c1cccc(C(C)C)c1-n1c(-c2cccc(Sc3cccc(-c4ccc5ccccc5n4)c3)c2)nc2ccccc21. The van der Waals surface area contributed by atoms with Crippen LogP contribution in [0.25, 0.3) is 50.3 Å². The van der Waals surface area contributed by atoms with Gasteiger partial charge < -0.3 is 0 Å². The Balaban J connectivity index is 1.30. The molecule has 44 heavy (non-hydrogen) atoms. The highest BCUT2D eigenvalue weighted by atomic mass is 32.2. The van der Waals surface area contributed by atoms with Crippen molar-refractivity contribution in [3.05, 3.63) is 139 Å². The molecule has 0 saturated carbocycles. The van der Waals surface area contributed by atoms with Gasteiger partial charge in [0.1, 0.15) is 5.82 Å². The fourth-order valence-electron chi connectivity index (χ4n) is 6.00. The highest BCUT2D eigenvalue weighted by molar-refractivity contribution is 7.99. The van der Waals surface area contributed by atoms with Crippen LogP contribution in [-0.4, -0.2) is 14.5 Å². The Kier molecular flexibility index (Phi) is 7.53. The molecule has 0 aliphatic rings. The van der Waals surface area contributed by atoms with Crippen LogP contribution in [0.3, 0.4) is 0 Å². The summed E-state index contributed by atoms with van der Waals surface area (Å²) in [5.41, 5.74) is 10.3. The summed E-state index contributed by atoms with van der Waals surface area (Å²) in [4.78, 5) is 12.5. The summed E-state index contributed by atoms with van der Waals surface area (Å²) in [7, 11) is 0. The molecule has 0 spiro atoms. The van der Waals surface area contributed by atoms with Crippen LogP contribution in [0.2, 0.25) is 0 Å². The summed E-state index contributed by atoms with van der Waals surface area (Å²) in [6, 6.07) is 45.2. The predicted molar refractivity (Wildman–Crippen MR) is 186 cm³/mol. The van der Waals surface area contributed by atoms with Crippen molar-refractivity contribution in [3.63, 3.8) is 0 Å². The van der Waals surface area contributed by atoms with Gasteiger partial charge in [-0.3, -0.25) is 4.57 Å². The van der Waals surface area contributed by atoms with Gasteiger partial charge in [-0.2, -0.15) is 0 Å². The van der Waals surface area contributed by atoms with Crippen molar-refractivity contribution < 1.29 is 0 Å². The number of pyridine rings is 1. The number of hydrogen-bond acceptors (Lipinski definition) is 3. The molecule has 7 aromatic rings.